The number of nitrogens with zero attached hydrogens (tertiary/aromatic N) is 1. The maximum Gasteiger partial charge on any atom is 0.337 e. The Labute approximate surface area is 148 Å². The summed E-state index contributed by atoms with van der Waals surface area (Å²) >= 11 is 0. The number of benzene rings is 2. The Morgan fingerprint density at radius 3 is 2.56 bits per heavy atom. The van der Waals surface area contributed by atoms with Gasteiger partial charge in [0.15, 0.2) is 0 Å². The number of piperidine rings is 1. The Morgan fingerprint density at radius 1 is 1.16 bits per heavy atom. The van der Waals surface area contributed by atoms with Crippen molar-refractivity contribution < 1.29 is 14.3 Å². The number of carbonyl (C=O) groups is 1. The van der Waals surface area contributed by atoms with Crippen LogP contribution in [0.25, 0.3) is 0 Å². The van der Waals surface area contributed by atoms with Crippen molar-refractivity contribution in [3.63, 3.8) is 0 Å². The minimum absolute atomic E-state index is 0.345. The molecule has 2 aromatic rings. The van der Waals surface area contributed by atoms with E-state index in [0.717, 1.165) is 31.6 Å². The van der Waals surface area contributed by atoms with Gasteiger partial charge in [0.2, 0.25) is 0 Å². The zero-order chi connectivity index (χ0) is 17.6. The van der Waals surface area contributed by atoms with Crippen LogP contribution in [0, 0.1) is 5.92 Å². The van der Waals surface area contributed by atoms with Crippen molar-refractivity contribution in [1.29, 1.82) is 0 Å². The molecular formula is C20H24N2O3. The molecule has 0 amide bonds. The summed E-state index contributed by atoms with van der Waals surface area (Å²) in [5.74, 6) is 0.887. The highest BCUT2D eigenvalue weighted by molar-refractivity contribution is 5.89. The number of hydrogen-bond donors (Lipinski definition) is 1. The predicted octanol–water partition coefficient (Wildman–Crippen LogP) is 3.35. The third kappa shape index (κ3) is 4.44. The van der Waals surface area contributed by atoms with Crippen molar-refractivity contribution in [2.24, 2.45) is 5.92 Å². The first-order valence-corrected chi connectivity index (χ1v) is 8.57. The van der Waals surface area contributed by atoms with Gasteiger partial charge in [0.25, 0.3) is 0 Å². The Kier molecular flexibility index (Phi) is 5.43. The monoisotopic (exact) mass is 340 g/mol. The lowest BCUT2D eigenvalue weighted by molar-refractivity contribution is 0.0600. The van der Waals surface area contributed by atoms with E-state index >= 15 is 0 Å². The van der Waals surface area contributed by atoms with Gasteiger partial charge in [-0.15, -0.1) is 0 Å². The Balaban J connectivity index is 1.49. The molecule has 0 saturated carbocycles. The van der Waals surface area contributed by atoms with E-state index in [1.165, 1.54) is 12.8 Å². The number of methoxy groups -OCH3 is 1. The molecule has 1 aliphatic rings. The van der Waals surface area contributed by atoms with Crippen LogP contribution in [0.5, 0.6) is 5.75 Å². The Morgan fingerprint density at radius 2 is 1.88 bits per heavy atom. The van der Waals surface area contributed by atoms with Crippen LogP contribution in [0.15, 0.2) is 48.5 Å². The van der Waals surface area contributed by atoms with Crippen molar-refractivity contribution in [2.45, 2.75) is 12.8 Å². The van der Waals surface area contributed by atoms with Crippen molar-refractivity contribution in [1.82, 2.24) is 0 Å². The molecule has 0 spiro atoms. The summed E-state index contributed by atoms with van der Waals surface area (Å²) in [5.41, 5.74) is 8.27. The molecule has 25 heavy (non-hydrogen) atoms. The largest absolute Gasteiger partial charge is 0.493 e. The topological polar surface area (TPSA) is 64.8 Å². The lowest BCUT2D eigenvalue weighted by atomic mass is 9.97. The van der Waals surface area contributed by atoms with Crippen LogP contribution >= 0.6 is 0 Å². The van der Waals surface area contributed by atoms with Gasteiger partial charge >= 0.3 is 5.97 Å². The zero-order valence-corrected chi connectivity index (χ0v) is 14.5. The fourth-order valence-corrected chi connectivity index (χ4v) is 3.09. The first-order valence-electron chi connectivity index (χ1n) is 8.57. The number of anilines is 2. The number of ether oxygens (including phenoxy) is 2. The standard InChI is InChI=1S/C20H24N2O3/c1-24-20(23)16-3-2-4-19(13-16)25-14-15-9-11-22(12-10-15)18-7-5-17(21)6-8-18/h2-8,13,15H,9-12,14,21H2,1H3. The molecule has 0 atom stereocenters. The van der Waals surface area contributed by atoms with E-state index in [1.807, 2.05) is 24.3 Å². The van der Waals surface area contributed by atoms with Crippen LogP contribution in [-0.2, 0) is 4.74 Å². The van der Waals surface area contributed by atoms with Gasteiger partial charge in [-0.05, 0) is 61.2 Å². The second kappa shape index (κ2) is 7.92. The van der Waals surface area contributed by atoms with E-state index in [4.69, 9.17) is 15.2 Å². The first kappa shape index (κ1) is 17.1. The highest BCUT2D eigenvalue weighted by Gasteiger charge is 2.20. The lowest BCUT2D eigenvalue weighted by Crippen LogP contribution is -2.35. The average molecular weight is 340 g/mol. The second-order valence-corrected chi connectivity index (χ2v) is 6.35. The number of nitrogens with two attached hydrogens (primary N) is 1. The number of esters is 1. The van der Waals surface area contributed by atoms with Crippen LogP contribution in [0.1, 0.15) is 23.2 Å². The highest BCUT2D eigenvalue weighted by Crippen LogP contribution is 2.25. The zero-order valence-electron chi connectivity index (χ0n) is 14.5. The number of carbonyl (C=O) groups excluding carboxylic acids is 1. The lowest BCUT2D eigenvalue weighted by Gasteiger charge is -2.33. The molecule has 5 heteroatoms. The summed E-state index contributed by atoms with van der Waals surface area (Å²) in [6.07, 6.45) is 2.17. The highest BCUT2D eigenvalue weighted by atomic mass is 16.5. The first-order chi connectivity index (χ1) is 12.2. The maximum absolute atomic E-state index is 11.6. The number of hydrogen-bond acceptors (Lipinski definition) is 5. The molecule has 0 bridgehead atoms. The minimum atomic E-state index is -0.345. The molecule has 0 aromatic heterocycles. The molecule has 1 fully saturated rings. The Hall–Kier alpha value is -2.69. The van der Waals surface area contributed by atoms with Gasteiger partial charge in [0.1, 0.15) is 5.75 Å². The molecule has 132 valence electrons. The van der Waals surface area contributed by atoms with Crippen LogP contribution in [0.2, 0.25) is 0 Å². The van der Waals surface area contributed by atoms with E-state index in [2.05, 4.69) is 17.0 Å². The summed E-state index contributed by atoms with van der Waals surface area (Å²) in [7, 11) is 1.38. The summed E-state index contributed by atoms with van der Waals surface area (Å²) < 4.78 is 10.6. The van der Waals surface area contributed by atoms with E-state index in [0.29, 0.717) is 23.8 Å². The van der Waals surface area contributed by atoms with Gasteiger partial charge in [-0.1, -0.05) is 6.07 Å². The van der Waals surface area contributed by atoms with Gasteiger partial charge in [-0.2, -0.15) is 0 Å². The molecular weight excluding hydrogens is 316 g/mol. The van der Waals surface area contributed by atoms with Gasteiger partial charge in [-0.3, -0.25) is 0 Å². The minimum Gasteiger partial charge on any atom is -0.493 e. The maximum atomic E-state index is 11.6. The third-order valence-electron chi connectivity index (χ3n) is 4.61. The average Bonchev–Trinajstić information content (AvgIpc) is 2.67. The molecule has 5 nitrogen and oxygen atoms in total. The quantitative estimate of drug-likeness (QED) is 0.668. The van der Waals surface area contributed by atoms with Crippen LogP contribution in [0.4, 0.5) is 11.4 Å². The summed E-state index contributed by atoms with van der Waals surface area (Å²) in [5, 5.41) is 0. The fraction of sp³-hybridized carbons (Fsp3) is 0.350. The molecule has 0 radical (unpaired) electrons. The van der Waals surface area contributed by atoms with Crippen LogP contribution in [0.3, 0.4) is 0 Å². The molecule has 3 rings (SSSR count). The van der Waals surface area contributed by atoms with Crippen molar-refractivity contribution in [3.05, 3.63) is 54.1 Å². The van der Waals surface area contributed by atoms with Gasteiger partial charge in [0, 0.05) is 24.5 Å². The van der Waals surface area contributed by atoms with E-state index < -0.39 is 0 Å². The molecule has 0 aliphatic carbocycles. The predicted molar refractivity (Wildman–Crippen MR) is 99.1 cm³/mol. The molecule has 1 aliphatic heterocycles. The molecule has 0 unspecified atom stereocenters. The SMILES string of the molecule is COC(=O)c1cccc(OCC2CCN(c3ccc(N)cc3)CC2)c1. The number of rotatable bonds is 5. The van der Waals surface area contributed by atoms with Crippen LogP contribution in [-0.4, -0.2) is 32.8 Å². The van der Waals surface area contributed by atoms with Crippen LogP contribution < -0.4 is 15.4 Å². The van der Waals surface area contributed by atoms with Crippen molar-refractivity contribution >= 4 is 17.3 Å². The molecule has 1 saturated heterocycles. The Bertz CT molecular complexity index is 707. The summed E-state index contributed by atoms with van der Waals surface area (Å²) in [6.45, 7) is 2.69. The summed E-state index contributed by atoms with van der Waals surface area (Å²) in [4.78, 5) is 14.0. The third-order valence-corrected chi connectivity index (χ3v) is 4.61. The fourth-order valence-electron chi connectivity index (χ4n) is 3.09. The van der Waals surface area contributed by atoms with Crippen molar-refractivity contribution in [3.8, 4) is 5.75 Å². The van der Waals surface area contributed by atoms with Gasteiger partial charge in [-0.25, -0.2) is 4.79 Å². The molecule has 1 heterocycles. The van der Waals surface area contributed by atoms with Gasteiger partial charge < -0.3 is 20.1 Å². The van der Waals surface area contributed by atoms with E-state index in [-0.39, 0.29) is 5.97 Å². The van der Waals surface area contributed by atoms with Crippen molar-refractivity contribution in [2.75, 3.05) is 37.4 Å². The second-order valence-electron chi connectivity index (χ2n) is 6.35. The molecule has 2 aromatic carbocycles. The smallest absolute Gasteiger partial charge is 0.337 e. The number of nitrogen functional groups attached to an aromatic ring is 1. The van der Waals surface area contributed by atoms with Gasteiger partial charge in [0.05, 0.1) is 19.3 Å². The molecule has 2 N–H and O–H groups in total. The van der Waals surface area contributed by atoms with E-state index in [9.17, 15) is 4.79 Å². The summed E-state index contributed by atoms with van der Waals surface area (Å²) in [6, 6.07) is 15.2. The van der Waals surface area contributed by atoms with E-state index in [1.54, 1.807) is 12.1 Å². The normalized spacial score (nSPS) is 15.0.